The van der Waals surface area contributed by atoms with Crippen molar-refractivity contribution in [3.8, 4) is 0 Å². The molecule has 2 saturated carbocycles. The van der Waals surface area contributed by atoms with E-state index in [-0.39, 0.29) is 82.8 Å². The van der Waals surface area contributed by atoms with E-state index in [2.05, 4.69) is 21.3 Å². The molecule has 4 fully saturated rings. The molecule has 344 valence electrons. The molecule has 2 heterocycles. The summed E-state index contributed by atoms with van der Waals surface area (Å²) in [6.45, 7) is 3.55. The number of halogens is 5. The maximum absolute atomic E-state index is 14.6. The van der Waals surface area contributed by atoms with E-state index < -0.39 is 83.2 Å². The van der Waals surface area contributed by atoms with Gasteiger partial charge in [-0.15, -0.1) is 0 Å². The van der Waals surface area contributed by atoms with Crippen LogP contribution in [0.1, 0.15) is 103 Å². The van der Waals surface area contributed by atoms with Gasteiger partial charge < -0.3 is 36.0 Å². The molecule has 4 N–H and O–H groups in total. The Morgan fingerprint density at radius 3 is 2.27 bits per heavy atom. The Morgan fingerprint density at radius 2 is 1.63 bits per heavy atom. The van der Waals surface area contributed by atoms with Gasteiger partial charge in [0.15, 0.2) is 0 Å². The van der Waals surface area contributed by atoms with Crippen molar-refractivity contribution < 1.29 is 46.7 Å². The second kappa shape index (κ2) is 21.0. The minimum atomic E-state index is -4.78. The molecule has 2 aliphatic carbocycles. The number of nitrogens with one attached hydrogen (secondary N) is 4. The van der Waals surface area contributed by atoms with Crippen LogP contribution in [0.15, 0.2) is 18.2 Å². The molecule has 1 aromatic rings. The molecule has 2 saturated heterocycles. The van der Waals surface area contributed by atoms with Gasteiger partial charge in [0.1, 0.15) is 35.6 Å². The lowest BCUT2D eigenvalue weighted by atomic mass is 9.72. The van der Waals surface area contributed by atoms with Crippen LogP contribution in [0.2, 0.25) is 10.0 Å². The van der Waals surface area contributed by atoms with E-state index in [4.69, 9.17) is 23.2 Å². The topological polar surface area (TPSA) is 177 Å². The number of benzene rings is 1. The van der Waals surface area contributed by atoms with Crippen molar-refractivity contribution >= 4 is 64.6 Å². The number of nitrogens with zero attached hydrogens (tertiary/aromatic N) is 3. The lowest BCUT2D eigenvalue weighted by Crippen LogP contribution is -2.61. The van der Waals surface area contributed by atoms with E-state index >= 15 is 0 Å². The zero-order valence-electron chi connectivity index (χ0n) is 35.9. The maximum atomic E-state index is 14.6. The van der Waals surface area contributed by atoms with E-state index in [0.717, 1.165) is 4.90 Å². The van der Waals surface area contributed by atoms with Crippen LogP contribution in [-0.2, 0) is 40.0 Å². The third kappa shape index (κ3) is 11.7. The normalized spacial score (nSPS) is 25.1. The Labute approximate surface area is 371 Å². The minimum Gasteiger partial charge on any atom is -0.355 e. The number of amides is 7. The van der Waals surface area contributed by atoms with Gasteiger partial charge in [-0.2, -0.15) is 13.2 Å². The molecule has 7 amide bonds. The number of hydrogen-bond donors (Lipinski definition) is 4. The number of alkyl halides is 3. The van der Waals surface area contributed by atoms with Crippen molar-refractivity contribution in [3.63, 3.8) is 0 Å². The molecule has 2 aliphatic heterocycles. The van der Waals surface area contributed by atoms with Crippen molar-refractivity contribution in [1.29, 1.82) is 0 Å². The lowest BCUT2D eigenvalue weighted by Gasteiger charge is -2.41. The Kier molecular flexibility index (Phi) is 16.6. The van der Waals surface area contributed by atoms with Crippen LogP contribution < -0.4 is 21.3 Å². The van der Waals surface area contributed by atoms with E-state index in [0.29, 0.717) is 54.1 Å². The van der Waals surface area contributed by atoms with Gasteiger partial charge >= 0.3 is 6.18 Å². The fourth-order valence-electron chi connectivity index (χ4n) is 8.98. The quantitative estimate of drug-likeness (QED) is 0.267. The van der Waals surface area contributed by atoms with Gasteiger partial charge in [0.2, 0.25) is 41.4 Å². The summed E-state index contributed by atoms with van der Waals surface area (Å²) < 4.78 is 43.7. The van der Waals surface area contributed by atoms with Crippen LogP contribution in [0.4, 0.5) is 13.2 Å². The average molecular weight is 915 g/mol. The van der Waals surface area contributed by atoms with Gasteiger partial charge in [-0.05, 0) is 99.8 Å². The van der Waals surface area contributed by atoms with E-state index in [1.807, 2.05) is 13.8 Å². The monoisotopic (exact) mass is 913 g/mol. The third-order valence-electron chi connectivity index (χ3n) is 12.8. The Morgan fingerprint density at radius 1 is 0.935 bits per heavy atom. The highest BCUT2D eigenvalue weighted by molar-refractivity contribution is 6.33. The first-order chi connectivity index (χ1) is 29.2. The van der Waals surface area contributed by atoms with Crippen molar-refractivity contribution in [2.45, 2.75) is 140 Å². The molecule has 0 radical (unpaired) electrons. The molecule has 19 heteroatoms. The number of likely N-dealkylation sites (tertiary alicyclic amines) is 1. The molecule has 5 atom stereocenters. The van der Waals surface area contributed by atoms with Crippen molar-refractivity contribution in [3.05, 3.63) is 33.8 Å². The summed E-state index contributed by atoms with van der Waals surface area (Å²) in [4.78, 5) is 101. The second-order valence-corrected chi connectivity index (χ2v) is 18.6. The fourth-order valence-corrected chi connectivity index (χ4v) is 9.37. The van der Waals surface area contributed by atoms with Gasteiger partial charge in [0.25, 0.3) is 0 Å². The Hall–Kier alpha value is -4.12. The maximum Gasteiger partial charge on any atom is 0.403 e. The van der Waals surface area contributed by atoms with Crippen LogP contribution >= 0.6 is 23.2 Å². The molecule has 0 spiro atoms. The van der Waals surface area contributed by atoms with Crippen LogP contribution in [0.5, 0.6) is 0 Å². The fraction of sp³-hybridized carbons (Fsp3) is 0.698. The molecular weight excluding hydrogens is 854 g/mol. The zero-order chi connectivity index (χ0) is 45.5. The number of likely N-dealkylation sites (N-methyl/N-ethyl adjacent to an activating group) is 2. The van der Waals surface area contributed by atoms with Gasteiger partial charge in [0.05, 0.1) is 6.54 Å². The smallest absolute Gasteiger partial charge is 0.355 e. The van der Waals surface area contributed by atoms with Crippen molar-refractivity contribution in [2.24, 2.45) is 17.3 Å². The van der Waals surface area contributed by atoms with Gasteiger partial charge in [-0.1, -0.05) is 56.3 Å². The van der Waals surface area contributed by atoms with Gasteiger partial charge in [-0.3, -0.25) is 33.6 Å². The molecule has 14 nitrogen and oxygen atoms in total. The summed E-state index contributed by atoms with van der Waals surface area (Å²) in [7, 11) is 2.84. The Bertz CT molecular complexity index is 1840. The van der Waals surface area contributed by atoms with Crippen LogP contribution in [0.25, 0.3) is 0 Å². The van der Waals surface area contributed by atoms with E-state index in [9.17, 15) is 46.7 Å². The Balaban J connectivity index is 1.38. The molecule has 0 unspecified atom stereocenters. The molecule has 5 rings (SSSR count). The first-order valence-electron chi connectivity index (χ1n) is 21.8. The summed E-state index contributed by atoms with van der Waals surface area (Å²) in [6, 6.07) is -1.06. The first kappa shape index (κ1) is 48.9. The number of rotatable bonds is 10. The highest BCUT2D eigenvalue weighted by Gasteiger charge is 2.62. The summed E-state index contributed by atoms with van der Waals surface area (Å²) >= 11 is 12.7. The minimum absolute atomic E-state index is 0.00931. The SMILES string of the molecule is CC(C)C[C@@H]1NC(=O)[C@@H](N(C)C(=O)[C@@H](NC(=O)[C@@H]2CCCN2C(=O)C2(C(F)(F)F)CCCCC2)C2CC2)CCCCNC(=O)CNC(=O)[C@H](Cc2cc(Cl)ccc2Cl)N(C)C1=O. The van der Waals surface area contributed by atoms with Crippen LogP contribution in [-0.4, -0.2) is 126 Å². The van der Waals surface area contributed by atoms with Crippen molar-refractivity contribution in [2.75, 3.05) is 33.7 Å². The average Bonchev–Trinajstić information content (AvgIpc) is 3.95. The molecule has 62 heavy (non-hydrogen) atoms. The second-order valence-electron chi connectivity index (χ2n) is 17.7. The number of carbonyl (C=O) groups excluding carboxylic acids is 7. The standard InChI is InChI=1S/C43H60Cl2F3N7O7/c1-25(2)21-30-39(60)54(4)33(23-27-22-28(44)15-16-29(27)45)36(57)50-24-34(56)49-19-9-6-11-31(37(58)51-30)53(3)40(61)35(26-13-14-26)52-38(59)32-12-10-20-55(32)41(62)42(43(46,47)48)17-7-5-8-18-42/h15-16,22,25-26,30-33,35H,5-14,17-21,23-24H2,1-4H3,(H,49,56)(H,50,57)(H,51,58)(H,52,59)/t30-,31-,32-,33-,35-/m0/s1. The highest BCUT2D eigenvalue weighted by atomic mass is 35.5. The predicted molar refractivity (Wildman–Crippen MR) is 226 cm³/mol. The summed E-state index contributed by atoms with van der Waals surface area (Å²) in [6.07, 6.45) is -1.76. The molecule has 0 bridgehead atoms. The van der Waals surface area contributed by atoms with Crippen LogP contribution in [0.3, 0.4) is 0 Å². The third-order valence-corrected chi connectivity index (χ3v) is 13.4. The van der Waals surface area contributed by atoms with E-state index in [1.54, 1.807) is 18.2 Å². The van der Waals surface area contributed by atoms with E-state index in [1.165, 1.54) is 23.9 Å². The first-order valence-corrected chi connectivity index (χ1v) is 22.5. The van der Waals surface area contributed by atoms with Gasteiger partial charge in [-0.25, -0.2) is 0 Å². The molecular formula is C43H60Cl2F3N7O7. The largest absolute Gasteiger partial charge is 0.403 e. The summed E-state index contributed by atoms with van der Waals surface area (Å²) in [5, 5.41) is 11.6. The summed E-state index contributed by atoms with van der Waals surface area (Å²) in [5.74, 6) is -5.19. The predicted octanol–water partition coefficient (Wildman–Crippen LogP) is 4.54. The van der Waals surface area contributed by atoms with Gasteiger partial charge in [0, 0.05) is 43.7 Å². The number of hydrogen-bond acceptors (Lipinski definition) is 7. The molecule has 1 aromatic carbocycles. The van der Waals surface area contributed by atoms with Crippen molar-refractivity contribution in [1.82, 2.24) is 36.0 Å². The zero-order valence-corrected chi connectivity index (χ0v) is 37.4. The highest BCUT2D eigenvalue weighted by Crippen LogP contribution is 2.51. The lowest BCUT2D eigenvalue weighted by molar-refractivity contribution is -0.236. The van der Waals surface area contributed by atoms with Crippen LogP contribution in [0, 0.1) is 17.3 Å². The number of carbonyl (C=O) groups is 7. The summed E-state index contributed by atoms with van der Waals surface area (Å²) in [5.41, 5.74) is -2.08. The molecule has 0 aromatic heterocycles. The molecule has 4 aliphatic rings.